The van der Waals surface area contributed by atoms with Gasteiger partial charge in [-0.2, -0.15) is 0 Å². The minimum absolute atomic E-state index is 0.774. The minimum atomic E-state index is 0.774. The average Bonchev–Trinajstić information content (AvgIpc) is 2.70. The largest absolute Gasteiger partial charge is 0.241 e. The maximum Gasteiger partial charge on any atom is 0.125 e. The van der Waals surface area contributed by atoms with E-state index in [4.69, 9.17) is 0 Å². The van der Waals surface area contributed by atoms with Gasteiger partial charge < -0.3 is 0 Å². The number of hydrogen-bond acceptors (Lipinski definition) is 2. The Balaban J connectivity index is 2.39. The van der Waals surface area contributed by atoms with Crippen molar-refractivity contribution in [2.24, 2.45) is 0 Å². The van der Waals surface area contributed by atoms with E-state index in [0.29, 0.717) is 0 Å². The number of aryl methyl sites for hydroxylation is 2. The van der Waals surface area contributed by atoms with Crippen LogP contribution in [0.15, 0.2) is 6.20 Å². The van der Waals surface area contributed by atoms with E-state index < -0.39 is 0 Å². The van der Waals surface area contributed by atoms with Gasteiger partial charge in [-0.15, -0.1) is 0 Å². The summed E-state index contributed by atoms with van der Waals surface area (Å²) in [5.74, 6) is 1.66. The van der Waals surface area contributed by atoms with Crippen LogP contribution in [0, 0.1) is 13.8 Å². The van der Waals surface area contributed by atoms with Gasteiger partial charge in [0.15, 0.2) is 0 Å². The second-order valence-electron chi connectivity index (χ2n) is 3.23. The molecule has 0 spiro atoms. The first-order chi connectivity index (χ1) is 5.27. The molecule has 58 valence electrons. The zero-order valence-electron chi connectivity index (χ0n) is 6.96. The van der Waals surface area contributed by atoms with E-state index in [1.165, 1.54) is 24.1 Å². The van der Waals surface area contributed by atoms with Gasteiger partial charge in [-0.3, -0.25) is 0 Å². The van der Waals surface area contributed by atoms with Crippen LogP contribution in [0.5, 0.6) is 0 Å². The first-order valence-electron chi connectivity index (χ1n) is 4.07. The molecule has 2 nitrogen and oxygen atoms in total. The van der Waals surface area contributed by atoms with Crippen molar-refractivity contribution in [3.63, 3.8) is 0 Å². The maximum atomic E-state index is 4.32. The predicted molar refractivity (Wildman–Crippen MR) is 43.5 cm³/mol. The van der Waals surface area contributed by atoms with Crippen molar-refractivity contribution in [3.05, 3.63) is 23.3 Å². The van der Waals surface area contributed by atoms with E-state index in [-0.39, 0.29) is 0 Å². The van der Waals surface area contributed by atoms with Crippen LogP contribution in [-0.4, -0.2) is 9.97 Å². The van der Waals surface area contributed by atoms with Gasteiger partial charge in [0, 0.05) is 11.9 Å². The van der Waals surface area contributed by atoms with Gasteiger partial charge in [-0.25, -0.2) is 9.97 Å². The number of aromatic nitrogens is 2. The molecule has 11 heavy (non-hydrogen) atoms. The lowest BCUT2D eigenvalue weighted by Gasteiger charge is -2.01. The molecule has 0 aromatic carbocycles. The summed E-state index contributed by atoms with van der Waals surface area (Å²) in [5, 5.41) is 0. The highest BCUT2D eigenvalue weighted by Gasteiger charge is 2.25. The fourth-order valence-electron chi connectivity index (χ4n) is 1.39. The minimum Gasteiger partial charge on any atom is -0.241 e. The Hall–Kier alpha value is -0.920. The summed E-state index contributed by atoms with van der Waals surface area (Å²) < 4.78 is 0. The average molecular weight is 148 g/mol. The van der Waals surface area contributed by atoms with Crippen molar-refractivity contribution in [2.45, 2.75) is 32.6 Å². The lowest BCUT2D eigenvalue weighted by atomic mass is 10.1. The highest BCUT2D eigenvalue weighted by molar-refractivity contribution is 5.24. The maximum absolute atomic E-state index is 4.32. The number of rotatable bonds is 1. The molecule has 1 fully saturated rings. The van der Waals surface area contributed by atoms with Crippen LogP contribution in [0.25, 0.3) is 0 Å². The fraction of sp³-hybridized carbons (Fsp3) is 0.556. The van der Waals surface area contributed by atoms with E-state index in [1.807, 2.05) is 13.1 Å². The van der Waals surface area contributed by atoms with Gasteiger partial charge in [0.1, 0.15) is 5.82 Å². The molecule has 0 bridgehead atoms. The van der Waals surface area contributed by atoms with Gasteiger partial charge in [-0.1, -0.05) is 0 Å². The summed E-state index contributed by atoms with van der Waals surface area (Å²) in [6.45, 7) is 4.01. The van der Waals surface area contributed by atoms with Crippen molar-refractivity contribution in [2.75, 3.05) is 0 Å². The zero-order chi connectivity index (χ0) is 7.84. The third-order valence-electron chi connectivity index (χ3n) is 2.15. The molecule has 1 heterocycles. The lowest BCUT2D eigenvalue weighted by molar-refractivity contribution is 0.941. The van der Waals surface area contributed by atoms with Crippen molar-refractivity contribution in [1.82, 2.24) is 9.97 Å². The SMILES string of the molecule is Cc1ncc(C2CC2)c(C)n1. The smallest absolute Gasteiger partial charge is 0.125 e. The fourth-order valence-corrected chi connectivity index (χ4v) is 1.39. The monoisotopic (exact) mass is 148 g/mol. The molecule has 0 unspecified atom stereocenters. The quantitative estimate of drug-likeness (QED) is 0.608. The van der Waals surface area contributed by atoms with Gasteiger partial charge in [-0.05, 0) is 38.2 Å². The Morgan fingerprint density at radius 1 is 1.36 bits per heavy atom. The number of nitrogens with zero attached hydrogens (tertiary/aromatic N) is 2. The summed E-state index contributed by atoms with van der Waals surface area (Å²) in [6, 6.07) is 0. The third-order valence-corrected chi connectivity index (χ3v) is 2.15. The van der Waals surface area contributed by atoms with Crippen LogP contribution in [0.4, 0.5) is 0 Å². The Morgan fingerprint density at radius 2 is 2.09 bits per heavy atom. The van der Waals surface area contributed by atoms with Crippen LogP contribution in [0.1, 0.15) is 35.8 Å². The van der Waals surface area contributed by atoms with E-state index in [1.54, 1.807) is 0 Å². The topological polar surface area (TPSA) is 25.8 Å². The van der Waals surface area contributed by atoms with E-state index in [9.17, 15) is 0 Å². The van der Waals surface area contributed by atoms with Crippen molar-refractivity contribution < 1.29 is 0 Å². The molecule has 0 aliphatic heterocycles. The molecule has 0 N–H and O–H groups in total. The van der Waals surface area contributed by atoms with Crippen LogP contribution < -0.4 is 0 Å². The molecular weight excluding hydrogens is 136 g/mol. The van der Waals surface area contributed by atoms with Crippen molar-refractivity contribution in [1.29, 1.82) is 0 Å². The summed E-state index contributed by atoms with van der Waals surface area (Å²) in [7, 11) is 0. The molecule has 2 heteroatoms. The second-order valence-corrected chi connectivity index (χ2v) is 3.23. The Bertz CT molecular complexity index is 277. The Labute approximate surface area is 66.7 Å². The summed E-state index contributed by atoms with van der Waals surface area (Å²) >= 11 is 0. The van der Waals surface area contributed by atoms with Crippen molar-refractivity contribution in [3.8, 4) is 0 Å². The standard InChI is InChI=1S/C9H12N2/c1-6-9(8-3-4-8)5-10-7(2)11-6/h5,8H,3-4H2,1-2H3. The van der Waals surface area contributed by atoms with E-state index in [2.05, 4.69) is 16.9 Å². The van der Waals surface area contributed by atoms with Crippen LogP contribution in [0.2, 0.25) is 0 Å². The molecule has 0 atom stereocenters. The molecule has 1 aromatic heterocycles. The first-order valence-corrected chi connectivity index (χ1v) is 4.07. The van der Waals surface area contributed by atoms with Crippen LogP contribution >= 0.6 is 0 Å². The summed E-state index contributed by atoms with van der Waals surface area (Å²) in [5.41, 5.74) is 2.52. The highest BCUT2D eigenvalue weighted by atomic mass is 14.9. The molecule has 1 aliphatic rings. The molecule has 1 aromatic rings. The molecule has 1 saturated carbocycles. The van der Waals surface area contributed by atoms with Gasteiger partial charge in [0.05, 0.1) is 0 Å². The second kappa shape index (κ2) is 2.29. The van der Waals surface area contributed by atoms with Gasteiger partial charge in [0.25, 0.3) is 0 Å². The summed E-state index contributed by atoms with van der Waals surface area (Å²) in [6.07, 6.45) is 4.63. The lowest BCUT2D eigenvalue weighted by Crippen LogP contribution is -1.95. The molecule has 2 rings (SSSR count). The molecule has 1 aliphatic carbocycles. The molecule has 0 amide bonds. The molecular formula is C9H12N2. The molecule has 0 radical (unpaired) electrons. The summed E-state index contributed by atoms with van der Waals surface area (Å²) in [4.78, 5) is 8.51. The Kier molecular flexibility index (Phi) is 1.41. The highest BCUT2D eigenvalue weighted by Crippen LogP contribution is 2.40. The van der Waals surface area contributed by atoms with Crippen molar-refractivity contribution >= 4 is 0 Å². The predicted octanol–water partition coefficient (Wildman–Crippen LogP) is 1.97. The van der Waals surface area contributed by atoms with E-state index >= 15 is 0 Å². The molecule has 0 saturated heterocycles. The van der Waals surface area contributed by atoms with E-state index in [0.717, 1.165) is 11.7 Å². The first kappa shape index (κ1) is 6.77. The zero-order valence-corrected chi connectivity index (χ0v) is 6.96. The van der Waals surface area contributed by atoms with Crippen LogP contribution in [-0.2, 0) is 0 Å². The van der Waals surface area contributed by atoms with Gasteiger partial charge in [0.2, 0.25) is 0 Å². The Morgan fingerprint density at radius 3 is 2.64 bits per heavy atom. The third kappa shape index (κ3) is 1.25. The number of hydrogen-bond donors (Lipinski definition) is 0. The van der Waals surface area contributed by atoms with Crippen LogP contribution in [0.3, 0.4) is 0 Å². The van der Waals surface area contributed by atoms with Gasteiger partial charge >= 0.3 is 0 Å². The normalized spacial score (nSPS) is 16.9.